The summed E-state index contributed by atoms with van der Waals surface area (Å²) in [5, 5.41) is 0. The van der Waals surface area contributed by atoms with E-state index in [1.165, 1.54) is 12.1 Å². The molecule has 1 aromatic heterocycles. The number of benzene rings is 2. The summed E-state index contributed by atoms with van der Waals surface area (Å²) in [4.78, 5) is 20.7. The summed E-state index contributed by atoms with van der Waals surface area (Å²) < 4.78 is 12.9. The molecule has 0 atom stereocenters. The Bertz CT molecular complexity index is 764. The Labute approximate surface area is 115 Å². The highest BCUT2D eigenvalue weighted by atomic mass is 19.1. The van der Waals surface area contributed by atoms with E-state index in [1.54, 1.807) is 36.7 Å². The number of nitrogens with zero attached hydrogens (tertiary/aromatic N) is 2. The van der Waals surface area contributed by atoms with Crippen molar-refractivity contribution in [3.63, 3.8) is 0 Å². The van der Waals surface area contributed by atoms with Crippen LogP contribution < -0.4 is 0 Å². The van der Waals surface area contributed by atoms with Gasteiger partial charge in [0.25, 0.3) is 0 Å². The smallest absolute Gasteiger partial charge is 0.169 e. The molecule has 2 aromatic carbocycles. The maximum atomic E-state index is 12.9. The average molecular weight is 266 g/mol. The Balaban J connectivity index is 1.94. The number of para-hydroxylation sites is 1. The lowest BCUT2D eigenvalue weighted by molar-refractivity contribution is 0.0994. The van der Waals surface area contributed by atoms with Gasteiger partial charge in [-0.25, -0.2) is 4.39 Å². The highest BCUT2D eigenvalue weighted by molar-refractivity contribution is 6.06. The van der Waals surface area contributed by atoms with Crippen LogP contribution in [0, 0.1) is 5.82 Å². The molecule has 0 N–H and O–H groups in total. The molecule has 0 bridgehead atoms. The van der Waals surface area contributed by atoms with Gasteiger partial charge in [-0.3, -0.25) is 14.8 Å². The van der Waals surface area contributed by atoms with E-state index < -0.39 is 0 Å². The van der Waals surface area contributed by atoms with Gasteiger partial charge in [-0.15, -0.1) is 0 Å². The summed E-state index contributed by atoms with van der Waals surface area (Å²) in [6, 6.07) is 11.3. The fraction of sp³-hybridized carbons (Fsp3) is 0.0625. The Hall–Kier alpha value is -2.62. The Morgan fingerprint density at radius 2 is 1.75 bits per heavy atom. The van der Waals surface area contributed by atoms with Crippen molar-refractivity contribution in [3.05, 3.63) is 71.8 Å². The fourth-order valence-electron chi connectivity index (χ4n) is 2.10. The van der Waals surface area contributed by atoms with Gasteiger partial charge in [0.05, 0.1) is 11.0 Å². The first kappa shape index (κ1) is 12.4. The van der Waals surface area contributed by atoms with Crippen molar-refractivity contribution in [1.29, 1.82) is 0 Å². The molecule has 3 aromatic rings. The highest BCUT2D eigenvalue weighted by Crippen LogP contribution is 2.16. The summed E-state index contributed by atoms with van der Waals surface area (Å²) in [5.41, 5.74) is 2.61. The second-order valence-corrected chi connectivity index (χ2v) is 4.46. The minimum Gasteiger partial charge on any atom is -0.294 e. The van der Waals surface area contributed by atoms with Crippen LogP contribution in [0.4, 0.5) is 4.39 Å². The van der Waals surface area contributed by atoms with Crippen molar-refractivity contribution < 1.29 is 9.18 Å². The van der Waals surface area contributed by atoms with Gasteiger partial charge in [-0.2, -0.15) is 0 Å². The minimum absolute atomic E-state index is 0.0530. The van der Waals surface area contributed by atoms with Gasteiger partial charge < -0.3 is 0 Å². The molecule has 1 heterocycles. The van der Waals surface area contributed by atoms with Crippen molar-refractivity contribution >= 4 is 16.8 Å². The van der Waals surface area contributed by atoms with E-state index in [0.29, 0.717) is 16.6 Å². The monoisotopic (exact) mass is 266 g/mol. The Morgan fingerprint density at radius 1 is 1.00 bits per heavy atom. The van der Waals surface area contributed by atoms with Crippen LogP contribution in [0.25, 0.3) is 11.0 Å². The van der Waals surface area contributed by atoms with E-state index in [2.05, 4.69) is 9.97 Å². The quantitative estimate of drug-likeness (QED) is 0.684. The predicted molar refractivity (Wildman–Crippen MR) is 74.0 cm³/mol. The third-order valence-electron chi connectivity index (χ3n) is 3.08. The van der Waals surface area contributed by atoms with Crippen LogP contribution in [0.3, 0.4) is 0 Å². The standard InChI is InChI=1S/C16H11FN2O/c17-12-6-4-11(5-7-12)10-15(20)13-2-1-3-14-16(13)19-9-8-18-14/h1-9H,10H2. The van der Waals surface area contributed by atoms with Gasteiger partial charge >= 0.3 is 0 Å². The van der Waals surface area contributed by atoms with Gasteiger partial charge in [0.1, 0.15) is 5.82 Å². The van der Waals surface area contributed by atoms with Crippen LogP contribution >= 0.6 is 0 Å². The van der Waals surface area contributed by atoms with Crippen LogP contribution in [-0.4, -0.2) is 15.8 Å². The molecule has 0 fully saturated rings. The fourth-order valence-corrected chi connectivity index (χ4v) is 2.10. The number of ketones is 1. The average Bonchev–Trinajstić information content (AvgIpc) is 2.49. The first-order valence-corrected chi connectivity index (χ1v) is 6.21. The zero-order valence-electron chi connectivity index (χ0n) is 10.6. The third kappa shape index (κ3) is 2.40. The first-order chi connectivity index (χ1) is 9.74. The number of halogens is 1. The second kappa shape index (κ2) is 5.17. The molecule has 3 rings (SSSR count). The Kier molecular flexibility index (Phi) is 3.21. The number of carbonyl (C=O) groups is 1. The van der Waals surface area contributed by atoms with Crippen LogP contribution in [0.15, 0.2) is 54.9 Å². The maximum Gasteiger partial charge on any atom is 0.169 e. The van der Waals surface area contributed by atoms with Gasteiger partial charge in [0.2, 0.25) is 0 Å². The molecule has 20 heavy (non-hydrogen) atoms. The molecule has 0 saturated heterocycles. The second-order valence-electron chi connectivity index (χ2n) is 4.46. The molecule has 0 amide bonds. The molecule has 4 heteroatoms. The van der Waals surface area contributed by atoms with Crippen LogP contribution in [0.5, 0.6) is 0 Å². The number of hydrogen-bond donors (Lipinski definition) is 0. The lowest BCUT2D eigenvalue weighted by Crippen LogP contribution is -2.05. The van der Waals surface area contributed by atoms with Crippen molar-refractivity contribution in [3.8, 4) is 0 Å². The van der Waals surface area contributed by atoms with Crippen molar-refractivity contribution in [2.45, 2.75) is 6.42 Å². The summed E-state index contributed by atoms with van der Waals surface area (Å²) in [6.07, 6.45) is 3.38. The van der Waals surface area contributed by atoms with Gasteiger partial charge in [0.15, 0.2) is 5.78 Å². The molecule has 0 radical (unpaired) electrons. The van der Waals surface area contributed by atoms with Gasteiger partial charge in [-0.1, -0.05) is 18.2 Å². The van der Waals surface area contributed by atoms with Crippen LogP contribution in [-0.2, 0) is 6.42 Å². The Morgan fingerprint density at radius 3 is 2.55 bits per heavy atom. The SMILES string of the molecule is O=C(Cc1ccc(F)cc1)c1cccc2nccnc12. The summed E-state index contributed by atoms with van der Waals surface area (Å²) in [5.74, 6) is -0.361. The number of rotatable bonds is 3. The topological polar surface area (TPSA) is 42.9 Å². The lowest BCUT2D eigenvalue weighted by Gasteiger charge is -2.04. The number of Topliss-reactive ketones (excluding diaryl/α,β-unsaturated/α-hetero) is 1. The van der Waals surface area contributed by atoms with E-state index in [0.717, 1.165) is 5.56 Å². The van der Waals surface area contributed by atoms with Crippen molar-refractivity contribution in [1.82, 2.24) is 9.97 Å². The molecule has 0 aliphatic rings. The molecule has 0 unspecified atom stereocenters. The summed E-state index contributed by atoms with van der Waals surface area (Å²) in [6.45, 7) is 0. The highest BCUT2D eigenvalue weighted by Gasteiger charge is 2.12. The molecule has 0 aliphatic carbocycles. The third-order valence-corrected chi connectivity index (χ3v) is 3.08. The molecular formula is C16H11FN2O. The van der Waals surface area contributed by atoms with Crippen molar-refractivity contribution in [2.75, 3.05) is 0 Å². The molecular weight excluding hydrogens is 255 g/mol. The molecule has 0 aliphatic heterocycles. The van der Waals surface area contributed by atoms with Crippen molar-refractivity contribution in [2.24, 2.45) is 0 Å². The van der Waals surface area contributed by atoms with E-state index >= 15 is 0 Å². The number of aromatic nitrogens is 2. The normalized spacial score (nSPS) is 10.7. The number of hydrogen-bond acceptors (Lipinski definition) is 3. The van der Waals surface area contributed by atoms with Gasteiger partial charge in [-0.05, 0) is 29.8 Å². The first-order valence-electron chi connectivity index (χ1n) is 6.21. The summed E-state index contributed by atoms with van der Waals surface area (Å²) >= 11 is 0. The number of carbonyl (C=O) groups excluding carboxylic acids is 1. The van der Waals surface area contributed by atoms with Crippen LogP contribution in [0.1, 0.15) is 15.9 Å². The largest absolute Gasteiger partial charge is 0.294 e. The van der Waals surface area contributed by atoms with Gasteiger partial charge in [0, 0.05) is 24.4 Å². The zero-order valence-corrected chi connectivity index (χ0v) is 10.6. The van der Waals surface area contributed by atoms with E-state index in [4.69, 9.17) is 0 Å². The molecule has 3 nitrogen and oxygen atoms in total. The summed E-state index contributed by atoms with van der Waals surface area (Å²) in [7, 11) is 0. The van der Waals surface area contributed by atoms with E-state index in [1.807, 2.05) is 6.07 Å². The van der Waals surface area contributed by atoms with Crippen LogP contribution in [0.2, 0.25) is 0 Å². The molecule has 0 spiro atoms. The molecule has 98 valence electrons. The minimum atomic E-state index is -0.308. The number of fused-ring (bicyclic) bond motifs is 1. The lowest BCUT2D eigenvalue weighted by atomic mass is 10.0. The molecule has 0 saturated carbocycles. The maximum absolute atomic E-state index is 12.9. The van der Waals surface area contributed by atoms with E-state index in [9.17, 15) is 9.18 Å². The predicted octanol–water partition coefficient (Wildman–Crippen LogP) is 3.19. The van der Waals surface area contributed by atoms with E-state index in [-0.39, 0.29) is 18.0 Å². The zero-order chi connectivity index (χ0) is 13.9.